The van der Waals surface area contributed by atoms with Gasteiger partial charge in [-0.1, -0.05) is 195 Å². The number of rotatable bonds is 9. The minimum absolute atomic E-state index is 0.0219. The number of phenolic OH excluding ortho intramolecular Hbond substituents is 1. The average molecular weight is 1130 g/mol. The van der Waals surface area contributed by atoms with Crippen molar-refractivity contribution in [3.8, 4) is 62.0 Å². The fraction of sp³-hybridized carbons (Fsp3) is 0.250. The van der Waals surface area contributed by atoms with Gasteiger partial charge in [-0.15, -0.1) is 0 Å². The van der Waals surface area contributed by atoms with Crippen molar-refractivity contribution >= 4 is 49.9 Å². The Morgan fingerprint density at radius 2 is 0.837 bits per heavy atom. The van der Waals surface area contributed by atoms with Gasteiger partial charge in [0.1, 0.15) is 11.6 Å². The molecule has 0 aliphatic carbocycles. The number of fused-ring (bicyclic) bond motifs is 4. The largest absolute Gasteiger partial charge is 0.507 e. The number of benzene rings is 9. The molecule has 0 aliphatic heterocycles. The van der Waals surface area contributed by atoms with Gasteiger partial charge in [0, 0.05) is 56.5 Å². The number of aromatic hydroxyl groups is 1. The van der Waals surface area contributed by atoms with Crippen molar-refractivity contribution in [1.29, 1.82) is 0 Å². The maximum absolute atomic E-state index is 11.9. The van der Waals surface area contributed by atoms with E-state index in [1.165, 1.54) is 55.3 Å². The summed E-state index contributed by atoms with van der Waals surface area (Å²) < 4.78 is 4.75. The first-order chi connectivity index (χ1) is 40.7. The highest BCUT2D eigenvalue weighted by atomic mass is 16.3. The number of hydrogen-bond donors (Lipinski definition) is 1. The summed E-state index contributed by atoms with van der Waals surface area (Å²) in [4.78, 5) is 13.3. The summed E-state index contributed by atoms with van der Waals surface area (Å²) in [7, 11) is 0. The number of phenols is 1. The van der Waals surface area contributed by atoms with E-state index in [9.17, 15) is 5.11 Å². The molecule has 86 heavy (non-hydrogen) atoms. The molecule has 432 valence electrons. The molecule has 0 spiro atoms. The molecule has 12 rings (SSSR count). The lowest BCUT2D eigenvalue weighted by molar-refractivity contribution is 0.477. The van der Waals surface area contributed by atoms with Crippen molar-refractivity contribution in [1.82, 2.24) is 19.1 Å². The molecule has 0 atom stereocenters. The molecule has 0 fully saturated rings. The second kappa shape index (κ2) is 21.2. The third-order valence-electron chi connectivity index (χ3n) is 17.2. The number of hydrogen-bond acceptors (Lipinski definition) is 4. The van der Waals surface area contributed by atoms with Crippen LogP contribution in [0.2, 0.25) is 0 Å². The van der Waals surface area contributed by atoms with E-state index < -0.39 is 0 Å². The first kappa shape index (κ1) is 57.4. The van der Waals surface area contributed by atoms with Gasteiger partial charge in [0.05, 0.1) is 33.3 Å². The van der Waals surface area contributed by atoms with Gasteiger partial charge >= 0.3 is 0 Å². The normalized spacial score (nSPS) is 12.6. The molecule has 0 unspecified atom stereocenters. The molecular formula is C80H81N5O. The first-order valence-corrected chi connectivity index (χ1v) is 30.4. The maximum atomic E-state index is 11.9. The third kappa shape index (κ3) is 10.9. The summed E-state index contributed by atoms with van der Waals surface area (Å²) in [5.41, 5.74) is 21.7. The van der Waals surface area contributed by atoms with E-state index in [1.807, 2.05) is 24.4 Å². The van der Waals surface area contributed by atoms with Crippen LogP contribution in [0.3, 0.4) is 0 Å². The van der Waals surface area contributed by atoms with Crippen molar-refractivity contribution in [3.05, 3.63) is 240 Å². The number of nitrogens with zero attached hydrogens (tertiary/aromatic N) is 5. The highest BCUT2D eigenvalue weighted by Crippen LogP contribution is 2.47. The van der Waals surface area contributed by atoms with Crippen molar-refractivity contribution in [2.24, 2.45) is 0 Å². The van der Waals surface area contributed by atoms with E-state index in [0.717, 1.165) is 67.3 Å². The Hall–Kier alpha value is -9.00. The van der Waals surface area contributed by atoms with Crippen LogP contribution in [0.4, 0.5) is 17.1 Å². The van der Waals surface area contributed by atoms with Gasteiger partial charge in [-0.05, 0) is 187 Å². The molecule has 12 aromatic rings. The Labute approximate surface area is 509 Å². The van der Waals surface area contributed by atoms with Gasteiger partial charge in [0.2, 0.25) is 0 Å². The fourth-order valence-corrected chi connectivity index (χ4v) is 12.0. The van der Waals surface area contributed by atoms with Crippen molar-refractivity contribution < 1.29 is 5.11 Å². The van der Waals surface area contributed by atoms with Crippen LogP contribution in [0.5, 0.6) is 5.75 Å². The van der Waals surface area contributed by atoms with Gasteiger partial charge in [0.25, 0.3) is 0 Å². The molecular weight excluding hydrogens is 1050 g/mol. The van der Waals surface area contributed by atoms with E-state index in [2.05, 4.69) is 300 Å². The second-order valence-corrected chi connectivity index (χ2v) is 28.8. The molecule has 0 aliphatic rings. The SMILES string of the molecule is CC(C)(C)c1cc(-c2cc(-c3ccc4c(c3)c3ccccc3n4-c3cc(C(C)(C)C)cc(C(C)(C)C)c3)ccn2)cc(-c2cc(N(c3ccccc3)c3ccccc3)cc3c2nc(-c2ccccc2O)n3-c2cc(C(C)(C)C)cc(C(C)(C)C)c2)c1. The molecule has 0 saturated heterocycles. The monoisotopic (exact) mass is 1130 g/mol. The van der Waals surface area contributed by atoms with Crippen LogP contribution >= 0.6 is 0 Å². The molecule has 0 saturated carbocycles. The highest BCUT2D eigenvalue weighted by Gasteiger charge is 2.29. The van der Waals surface area contributed by atoms with Crippen molar-refractivity contribution in [2.45, 2.75) is 131 Å². The summed E-state index contributed by atoms with van der Waals surface area (Å²) in [6, 6.07) is 74.8. The molecule has 3 heterocycles. The Kier molecular flexibility index (Phi) is 14.2. The lowest BCUT2D eigenvalue weighted by atomic mass is 9.80. The Morgan fingerprint density at radius 1 is 0.349 bits per heavy atom. The molecule has 0 radical (unpaired) electrons. The zero-order valence-electron chi connectivity index (χ0n) is 52.9. The molecule has 0 bridgehead atoms. The maximum Gasteiger partial charge on any atom is 0.149 e. The van der Waals surface area contributed by atoms with E-state index in [1.54, 1.807) is 6.07 Å². The third-order valence-corrected chi connectivity index (χ3v) is 17.2. The smallest absolute Gasteiger partial charge is 0.149 e. The summed E-state index contributed by atoms with van der Waals surface area (Å²) in [5, 5.41) is 14.3. The summed E-state index contributed by atoms with van der Waals surface area (Å²) in [6.07, 6.45) is 1.96. The first-order valence-electron chi connectivity index (χ1n) is 30.4. The van der Waals surface area contributed by atoms with E-state index in [-0.39, 0.29) is 32.8 Å². The van der Waals surface area contributed by atoms with Gasteiger partial charge in [-0.25, -0.2) is 4.98 Å². The van der Waals surface area contributed by atoms with Gasteiger partial charge < -0.3 is 14.6 Å². The van der Waals surface area contributed by atoms with Crippen molar-refractivity contribution in [2.75, 3.05) is 4.90 Å². The second-order valence-electron chi connectivity index (χ2n) is 28.8. The van der Waals surface area contributed by atoms with Crippen LogP contribution in [0.15, 0.2) is 212 Å². The summed E-state index contributed by atoms with van der Waals surface area (Å²) >= 11 is 0. The number of aromatic nitrogens is 4. The Morgan fingerprint density at radius 3 is 1.41 bits per heavy atom. The minimum atomic E-state index is -0.240. The number of anilines is 3. The van der Waals surface area contributed by atoms with Crippen LogP contribution in [-0.2, 0) is 27.1 Å². The topological polar surface area (TPSA) is 59.1 Å². The Balaban J connectivity index is 1.09. The van der Waals surface area contributed by atoms with Crippen LogP contribution < -0.4 is 4.90 Å². The van der Waals surface area contributed by atoms with Crippen LogP contribution in [0.25, 0.3) is 89.1 Å². The number of para-hydroxylation sites is 4. The molecule has 1 N–H and O–H groups in total. The van der Waals surface area contributed by atoms with Gasteiger partial charge in [0.15, 0.2) is 0 Å². The molecule has 3 aromatic heterocycles. The van der Waals surface area contributed by atoms with Gasteiger partial charge in [-0.2, -0.15) is 0 Å². The minimum Gasteiger partial charge on any atom is -0.507 e. The lowest BCUT2D eigenvalue weighted by Gasteiger charge is -2.28. The lowest BCUT2D eigenvalue weighted by Crippen LogP contribution is -2.17. The van der Waals surface area contributed by atoms with Crippen LogP contribution in [0, 0.1) is 0 Å². The van der Waals surface area contributed by atoms with E-state index in [0.29, 0.717) is 11.4 Å². The molecule has 0 amide bonds. The fourth-order valence-electron chi connectivity index (χ4n) is 12.0. The molecule has 6 heteroatoms. The Bertz CT molecular complexity index is 4440. The van der Waals surface area contributed by atoms with E-state index >= 15 is 0 Å². The van der Waals surface area contributed by atoms with Crippen molar-refractivity contribution in [3.63, 3.8) is 0 Å². The zero-order valence-corrected chi connectivity index (χ0v) is 52.9. The standard InChI is InChI=1S/C80H81N5O/c1-76(2,3)55-39-53(38-54(40-55)69-42-52(36-37-81-69)51-34-35-71-68(41-51)65-30-22-24-32-70(65)84(71)62-45-56(77(4,5)6)43-57(46-62)78(7,8)9)67-49-64(83(60-26-18-16-19-27-60)61-28-20-17-21-29-61)50-72-74(67)82-75(66-31-23-25-33-73(66)86)85(72)63-47-58(79(10,11)12)44-59(48-63)80(13,14)15/h16-50,86H,1-15H3. The number of pyridine rings is 1. The van der Waals surface area contributed by atoms with Gasteiger partial charge in [-0.3, -0.25) is 9.55 Å². The molecule has 9 aromatic carbocycles. The quantitative estimate of drug-likeness (QED) is 0.156. The zero-order chi connectivity index (χ0) is 60.8. The molecule has 6 nitrogen and oxygen atoms in total. The predicted octanol–water partition coefficient (Wildman–Crippen LogP) is 21.8. The average Bonchev–Trinajstić information content (AvgIpc) is 1.69. The summed E-state index contributed by atoms with van der Waals surface area (Å²) in [6.45, 7) is 34.4. The highest BCUT2D eigenvalue weighted by molar-refractivity contribution is 6.10. The number of imidazole rings is 1. The predicted molar refractivity (Wildman–Crippen MR) is 365 cm³/mol. The summed E-state index contributed by atoms with van der Waals surface area (Å²) in [5.74, 6) is 0.820. The van der Waals surface area contributed by atoms with Crippen LogP contribution in [0.1, 0.15) is 132 Å². The van der Waals surface area contributed by atoms with Crippen LogP contribution in [-0.4, -0.2) is 24.2 Å². The van der Waals surface area contributed by atoms with E-state index in [4.69, 9.17) is 9.97 Å².